The lowest BCUT2D eigenvalue weighted by Gasteiger charge is -2.19. The number of hydrogen-bond acceptors (Lipinski definition) is 7. The number of anilines is 2. The third kappa shape index (κ3) is 4.32. The van der Waals surface area contributed by atoms with Gasteiger partial charge in [-0.1, -0.05) is 11.6 Å². The molecule has 1 aromatic carbocycles. The second-order valence-corrected chi connectivity index (χ2v) is 7.29. The van der Waals surface area contributed by atoms with Crippen molar-refractivity contribution in [1.82, 2.24) is 29.8 Å². The van der Waals surface area contributed by atoms with Crippen LogP contribution in [-0.4, -0.2) is 34.9 Å². The maximum atomic E-state index is 13.9. The van der Waals surface area contributed by atoms with Gasteiger partial charge >= 0.3 is 6.18 Å². The molecule has 0 bridgehead atoms. The predicted molar refractivity (Wildman–Crippen MR) is 110 cm³/mol. The van der Waals surface area contributed by atoms with Crippen molar-refractivity contribution in [3.63, 3.8) is 0 Å². The zero-order valence-corrected chi connectivity index (χ0v) is 17.5. The molecule has 4 rings (SSSR count). The Kier molecular flexibility index (Phi) is 5.68. The molecule has 172 valence electrons. The molecule has 9 nitrogen and oxygen atoms in total. The average Bonchev–Trinajstić information content (AvgIpc) is 3.42. The lowest BCUT2D eigenvalue weighted by atomic mass is 10.1. The second-order valence-electron chi connectivity index (χ2n) is 6.88. The zero-order valence-electron chi connectivity index (χ0n) is 16.7. The molecular weight excluding hydrogens is 468 g/mol. The Morgan fingerprint density at radius 3 is 2.48 bits per heavy atom. The molecule has 14 heteroatoms. The summed E-state index contributed by atoms with van der Waals surface area (Å²) >= 11 is 6.27. The van der Waals surface area contributed by atoms with Crippen LogP contribution in [0.1, 0.15) is 23.0 Å². The first-order chi connectivity index (χ1) is 15.6. The number of aliphatic hydroxyl groups is 1. The van der Waals surface area contributed by atoms with E-state index in [2.05, 4.69) is 25.6 Å². The summed E-state index contributed by atoms with van der Waals surface area (Å²) in [5.41, 5.74) is 4.76. The quantitative estimate of drug-likeness (QED) is 0.293. The molecule has 0 saturated heterocycles. The van der Waals surface area contributed by atoms with Crippen LogP contribution in [0.25, 0.3) is 11.5 Å². The molecule has 1 unspecified atom stereocenters. The molecule has 0 fully saturated rings. The Bertz CT molecular complexity index is 1310. The molecule has 0 spiro atoms. The van der Waals surface area contributed by atoms with E-state index in [1.165, 1.54) is 23.3 Å². The number of aliphatic hydroxyl groups excluding tert-OH is 1. The van der Waals surface area contributed by atoms with Gasteiger partial charge in [-0.15, -0.1) is 0 Å². The fourth-order valence-electron chi connectivity index (χ4n) is 3.12. The van der Waals surface area contributed by atoms with E-state index < -0.39 is 35.3 Å². The van der Waals surface area contributed by atoms with Crippen molar-refractivity contribution >= 4 is 23.1 Å². The van der Waals surface area contributed by atoms with Crippen molar-refractivity contribution in [1.29, 1.82) is 0 Å². The van der Waals surface area contributed by atoms with Crippen molar-refractivity contribution in [2.45, 2.75) is 19.3 Å². The molecule has 0 saturated carbocycles. The maximum Gasteiger partial charge on any atom is 0.433 e. The summed E-state index contributed by atoms with van der Waals surface area (Å²) in [5, 5.41) is 25.1. The Balaban J connectivity index is 1.70. The highest BCUT2D eigenvalue weighted by molar-refractivity contribution is 6.32. The van der Waals surface area contributed by atoms with E-state index >= 15 is 0 Å². The normalized spacial score (nSPS) is 12.7. The third-order valence-electron chi connectivity index (χ3n) is 4.66. The molecule has 0 aliphatic carbocycles. The highest BCUT2D eigenvalue weighted by Gasteiger charge is 2.41. The van der Waals surface area contributed by atoms with Crippen LogP contribution in [0.15, 0.2) is 42.9 Å². The Hall–Kier alpha value is -3.71. The van der Waals surface area contributed by atoms with E-state index in [9.17, 15) is 22.7 Å². The first-order valence-corrected chi connectivity index (χ1v) is 9.63. The maximum absolute atomic E-state index is 13.9. The van der Waals surface area contributed by atoms with Crippen molar-refractivity contribution < 1.29 is 22.7 Å². The molecule has 33 heavy (non-hydrogen) atoms. The summed E-state index contributed by atoms with van der Waals surface area (Å²) in [6, 6.07) is 4.90. The Morgan fingerprint density at radius 2 is 1.85 bits per heavy atom. The van der Waals surface area contributed by atoms with Crippen LogP contribution in [0, 0.1) is 12.7 Å². The number of nitrogens with one attached hydrogen (secondary N) is 1. The molecule has 4 N–H and O–H groups in total. The van der Waals surface area contributed by atoms with Gasteiger partial charge in [-0.2, -0.15) is 33.3 Å². The minimum atomic E-state index is -4.93. The standard InChI is InChI=1S/C19H15ClF4N8O/c1-9-6-14(32-26-4-5-27-32)11(20)7-13(9)29-18(33)10-8-28-31(16(10)19(22,23)24)15-3-2-12(21)17(25)30-15/h2-8,18,29,33H,1H3,(H2,25,30). The molecule has 4 aromatic rings. The van der Waals surface area contributed by atoms with Gasteiger partial charge in [0.1, 0.15) is 5.69 Å². The number of aromatic nitrogens is 6. The molecule has 0 aliphatic rings. The largest absolute Gasteiger partial charge is 0.433 e. The van der Waals surface area contributed by atoms with Crippen LogP contribution in [0.3, 0.4) is 0 Å². The first-order valence-electron chi connectivity index (χ1n) is 9.25. The van der Waals surface area contributed by atoms with Crippen LogP contribution >= 0.6 is 11.6 Å². The van der Waals surface area contributed by atoms with E-state index in [1.54, 1.807) is 13.0 Å². The molecule has 0 radical (unpaired) electrons. The van der Waals surface area contributed by atoms with E-state index in [0.29, 0.717) is 15.9 Å². The summed E-state index contributed by atoms with van der Waals surface area (Å²) in [5.74, 6) is -1.84. The van der Waals surface area contributed by atoms with E-state index in [0.717, 1.165) is 18.3 Å². The predicted octanol–water partition coefficient (Wildman–Crippen LogP) is 3.65. The SMILES string of the molecule is Cc1cc(-n2nccn2)c(Cl)cc1NC(O)c1cnn(-c2ccc(F)c(N)n2)c1C(F)(F)F. The lowest BCUT2D eigenvalue weighted by molar-refractivity contribution is -0.144. The van der Waals surface area contributed by atoms with Gasteiger partial charge in [0, 0.05) is 5.69 Å². The highest BCUT2D eigenvalue weighted by atomic mass is 35.5. The number of nitrogens with two attached hydrogens (primary N) is 1. The van der Waals surface area contributed by atoms with Gasteiger partial charge < -0.3 is 16.2 Å². The van der Waals surface area contributed by atoms with Gasteiger partial charge in [-0.3, -0.25) is 0 Å². The van der Waals surface area contributed by atoms with Crippen molar-refractivity contribution in [3.8, 4) is 11.5 Å². The number of hydrogen-bond donors (Lipinski definition) is 3. The smallest absolute Gasteiger partial charge is 0.381 e. The second kappa shape index (κ2) is 8.33. The van der Waals surface area contributed by atoms with E-state index in [4.69, 9.17) is 17.3 Å². The van der Waals surface area contributed by atoms with Crippen LogP contribution in [0.2, 0.25) is 5.02 Å². The van der Waals surface area contributed by atoms with Gasteiger partial charge in [-0.05, 0) is 36.8 Å². The highest BCUT2D eigenvalue weighted by Crippen LogP contribution is 2.37. The zero-order chi connectivity index (χ0) is 23.9. The number of nitrogen functional groups attached to an aromatic ring is 1. The number of rotatable bonds is 5. The topological polar surface area (TPSA) is 120 Å². The fourth-order valence-corrected chi connectivity index (χ4v) is 3.36. The number of aryl methyl sites for hydroxylation is 1. The summed E-state index contributed by atoms with van der Waals surface area (Å²) < 4.78 is 55.5. The van der Waals surface area contributed by atoms with Gasteiger partial charge in [0.25, 0.3) is 0 Å². The molecule has 0 amide bonds. The number of alkyl halides is 3. The Morgan fingerprint density at radius 1 is 1.15 bits per heavy atom. The van der Waals surface area contributed by atoms with Crippen LogP contribution in [-0.2, 0) is 6.18 Å². The fraction of sp³-hybridized carbons (Fsp3) is 0.158. The van der Waals surface area contributed by atoms with Gasteiger partial charge in [-0.25, -0.2) is 14.1 Å². The minimum Gasteiger partial charge on any atom is -0.381 e. The number of nitrogens with zero attached hydrogens (tertiary/aromatic N) is 6. The number of benzene rings is 1. The minimum absolute atomic E-state index is 0.198. The molecule has 1 atom stereocenters. The van der Waals surface area contributed by atoms with Crippen LogP contribution in [0.4, 0.5) is 29.1 Å². The van der Waals surface area contributed by atoms with Gasteiger partial charge in [0.05, 0.1) is 29.2 Å². The number of halogens is 5. The first kappa shape index (κ1) is 22.5. The molecule has 3 aromatic heterocycles. The summed E-state index contributed by atoms with van der Waals surface area (Å²) in [7, 11) is 0. The van der Waals surface area contributed by atoms with Gasteiger partial charge in [0.2, 0.25) is 0 Å². The van der Waals surface area contributed by atoms with E-state index in [-0.39, 0.29) is 16.5 Å². The van der Waals surface area contributed by atoms with Crippen molar-refractivity contribution in [2.24, 2.45) is 0 Å². The lowest BCUT2D eigenvalue weighted by Crippen LogP contribution is -2.20. The van der Waals surface area contributed by atoms with E-state index in [1.807, 2.05) is 0 Å². The third-order valence-corrected chi connectivity index (χ3v) is 4.96. The Labute approximate surface area is 188 Å². The molecule has 3 heterocycles. The summed E-state index contributed by atoms with van der Waals surface area (Å²) in [6.07, 6.45) is -3.00. The summed E-state index contributed by atoms with van der Waals surface area (Å²) in [6.45, 7) is 1.66. The number of pyridine rings is 1. The van der Waals surface area contributed by atoms with Crippen molar-refractivity contribution in [2.75, 3.05) is 11.1 Å². The summed E-state index contributed by atoms with van der Waals surface area (Å²) in [4.78, 5) is 4.88. The van der Waals surface area contributed by atoms with Gasteiger partial charge in [0.15, 0.2) is 29.4 Å². The molecule has 0 aliphatic heterocycles. The molecular formula is C19H15ClF4N8O. The van der Waals surface area contributed by atoms with Crippen LogP contribution < -0.4 is 11.1 Å². The monoisotopic (exact) mass is 482 g/mol. The van der Waals surface area contributed by atoms with Crippen molar-refractivity contribution in [3.05, 3.63) is 70.5 Å². The van der Waals surface area contributed by atoms with Crippen LogP contribution in [0.5, 0.6) is 0 Å². The average molecular weight is 483 g/mol.